The number of hydrogen-bond donors (Lipinski definition) is 1. The van der Waals surface area contributed by atoms with Crippen molar-refractivity contribution in [1.29, 1.82) is 0 Å². The third-order valence-corrected chi connectivity index (χ3v) is 4.90. The Balaban J connectivity index is 1.42. The van der Waals surface area contributed by atoms with Crippen LogP contribution in [0.5, 0.6) is 0 Å². The molecule has 126 valence electrons. The Kier molecular flexibility index (Phi) is 5.49. The highest BCUT2D eigenvalue weighted by Crippen LogP contribution is 2.24. The number of ether oxygens (including phenoxy) is 1. The first kappa shape index (κ1) is 16.2. The maximum absolute atomic E-state index is 12.2. The van der Waals surface area contributed by atoms with Gasteiger partial charge in [-0.3, -0.25) is 4.79 Å². The number of carbonyl (C=O) groups is 1. The lowest BCUT2D eigenvalue weighted by Gasteiger charge is -2.33. The van der Waals surface area contributed by atoms with E-state index in [0.717, 1.165) is 57.8 Å². The van der Waals surface area contributed by atoms with Crippen molar-refractivity contribution in [3.8, 4) is 0 Å². The number of hydrogen-bond acceptors (Lipinski definition) is 4. The van der Waals surface area contributed by atoms with Crippen LogP contribution in [0.25, 0.3) is 0 Å². The number of pyridine rings is 1. The minimum absolute atomic E-state index is 0.212. The average Bonchev–Trinajstić information content (AvgIpc) is 2.56. The molecule has 0 radical (unpaired) electrons. The summed E-state index contributed by atoms with van der Waals surface area (Å²) in [5, 5.41) is 3.17. The van der Waals surface area contributed by atoms with Crippen LogP contribution in [-0.4, -0.2) is 43.2 Å². The summed E-state index contributed by atoms with van der Waals surface area (Å²) < 4.78 is 5.33. The predicted octanol–water partition coefficient (Wildman–Crippen LogP) is 2.29. The van der Waals surface area contributed by atoms with Crippen LogP contribution in [0.4, 0.5) is 5.82 Å². The third-order valence-electron chi connectivity index (χ3n) is 4.90. The molecule has 23 heavy (non-hydrogen) atoms. The van der Waals surface area contributed by atoms with Gasteiger partial charge in [-0.25, -0.2) is 4.98 Å². The molecule has 0 saturated carbocycles. The van der Waals surface area contributed by atoms with E-state index in [0.29, 0.717) is 18.4 Å². The Hall–Kier alpha value is -1.62. The summed E-state index contributed by atoms with van der Waals surface area (Å²) in [5.74, 6) is 1.77. The second-order valence-corrected chi connectivity index (χ2v) is 6.78. The highest BCUT2D eigenvalue weighted by Gasteiger charge is 2.23. The number of nitrogens with zero attached hydrogens (tertiary/aromatic N) is 2. The van der Waals surface area contributed by atoms with E-state index in [2.05, 4.69) is 28.2 Å². The van der Waals surface area contributed by atoms with Gasteiger partial charge >= 0.3 is 0 Å². The van der Waals surface area contributed by atoms with Gasteiger partial charge in [0.25, 0.3) is 0 Å². The molecule has 1 N–H and O–H groups in total. The van der Waals surface area contributed by atoms with Crippen molar-refractivity contribution in [2.24, 2.45) is 5.92 Å². The normalized spacial score (nSPS) is 20.5. The third kappa shape index (κ3) is 4.67. The van der Waals surface area contributed by atoms with E-state index in [1.54, 1.807) is 0 Å². The molecule has 2 saturated heterocycles. The number of aromatic nitrogens is 1. The van der Waals surface area contributed by atoms with Crippen LogP contribution in [-0.2, 0) is 9.53 Å². The first-order valence-corrected chi connectivity index (χ1v) is 8.75. The molecule has 1 aromatic rings. The lowest BCUT2D eigenvalue weighted by Crippen LogP contribution is -2.41. The summed E-state index contributed by atoms with van der Waals surface area (Å²) in [6, 6.07) is 4.47. The van der Waals surface area contributed by atoms with Gasteiger partial charge in [-0.2, -0.15) is 0 Å². The Morgan fingerprint density at radius 3 is 2.74 bits per heavy atom. The molecule has 2 fully saturated rings. The van der Waals surface area contributed by atoms with E-state index in [1.165, 1.54) is 5.56 Å². The van der Waals surface area contributed by atoms with Crippen LogP contribution in [0.2, 0.25) is 0 Å². The molecule has 1 amide bonds. The fraction of sp³-hybridized carbons (Fsp3) is 0.667. The van der Waals surface area contributed by atoms with E-state index in [9.17, 15) is 4.79 Å². The van der Waals surface area contributed by atoms with Crippen LogP contribution >= 0.6 is 0 Å². The summed E-state index contributed by atoms with van der Waals surface area (Å²) in [6.45, 7) is 5.62. The molecule has 2 aliphatic rings. The van der Waals surface area contributed by atoms with E-state index in [4.69, 9.17) is 4.74 Å². The minimum Gasteiger partial charge on any atom is -0.381 e. The fourth-order valence-corrected chi connectivity index (χ4v) is 3.45. The average molecular weight is 317 g/mol. The van der Waals surface area contributed by atoms with E-state index in [1.807, 2.05) is 12.3 Å². The van der Waals surface area contributed by atoms with E-state index in [-0.39, 0.29) is 5.91 Å². The number of anilines is 1. The van der Waals surface area contributed by atoms with Crippen LogP contribution in [0.3, 0.4) is 0 Å². The maximum atomic E-state index is 12.2. The van der Waals surface area contributed by atoms with Gasteiger partial charge in [-0.15, -0.1) is 0 Å². The topological polar surface area (TPSA) is 54.5 Å². The Bertz CT molecular complexity index is 521. The van der Waals surface area contributed by atoms with Crippen molar-refractivity contribution < 1.29 is 9.53 Å². The smallest absolute Gasteiger partial charge is 0.220 e. The van der Waals surface area contributed by atoms with Crippen LogP contribution in [0.1, 0.15) is 37.7 Å². The molecule has 5 nitrogen and oxygen atoms in total. The zero-order valence-corrected chi connectivity index (χ0v) is 14.0. The monoisotopic (exact) mass is 317 g/mol. The molecule has 0 unspecified atom stereocenters. The number of rotatable bonds is 4. The van der Waals surface area contributed by atoms with Crippen molar-refractivity contribution in [3.63, 3.8) is 0 Å². The van der Waals surface area contributed by atoms with Gasteiger partial charge in [0, 0.05) is 45.0 Å². The largest absolute Gasteiger partial charge is 0.381 e. The zero-order valence-electron chi connectivity index (χ0n) is 14.0. The van der Waals surface area contributed by atoms with Crippen molar-refractivity contribution in [2.45, 2.75) is 45.1 Å². The molecule has 0 bridgehead atoms. The summed E-state index contributed by atoms with van der Waals surface area (Å²) in [4.78, 5) is 19.0. The molecule has 3 rings (SSSR count). The fourth-order valence-electron chi connectivity index (χ4n) is 3.45. The summed E-state index contributed by atoms with van der Waals surface area (Å²) in [7, 11) is 0. The second-order valence-electron chi connectivity index (χ2n) is 6.78. The molecule has 1 aromatic heterocycles. The van der Waals surface area contributed by atoms with Gasteiger partial charge in [0.1, 0.15) is 5.82 Å². The van der Waals surface area contributed by atoms with Crippen LogP contribution < -0.4 is 10.2 Å². The molecule has 0 spiro atoms. The first-order valence-electron chi connectivity index (χ1n) is 8.75. The standard InChI is InChI=1S/C18H27N3O2/c1-14-2-7-19-17(12-14)21-8-3-15(4-9-21)13-18(22)20-16-5-10-23-11-6-16/h2,7,12,15-16H,3-6,8-11,13H2,1H3,(H,20,22). The summed E-state index contributed by atoms with van der Waals surface area (Å²) >= 11 is 0. The van der Waals surface area contributed by atoms with Crippen molar-refractivity contribution in [2.75, 3.05) is 31.2 Å². The van der Waals surface area contributed by atoms with Crippen molar-refractivity contribution in [3.05, 3.63) is 23.9 Å². The number of carbonyl (C=O) groups excluding carboxylic acids is 1. The number of amides is 1. The van der Waals surface area contributed by atoms with Gasteiger partial charge in [0.2, 0.25) is 5.91 Å². The molecular formula is C18H27N3O2. The number of aryl methyl sites for hydroxylation is 1. The number of nitrogens with one attached hydrogen (secondary N) is 1. The second kappa shape index (κ2) is 7.77. The van der Waals surface area contributed by atoms with Crippen molar-refractivity contribution in [1.82, 2.24) is 10.3 Å². The molecule has 0 aliphatic carbocycles. The zero-order chi connectivity index (χ0) is 16.1. The van der Waals surface area contributed by atoms with Gasteiger partial charge in [0.15, 0.2) is 0 Å². The lowest BCUT2D eigenvalue weighted by molar-refractivity contribution is -0.123. The van der Waals surface area contributed by atoms with E-state index >= 15 is 0 Å². The predicted molar refractivity (Wildman–Crippen MR) is 90.5 cm³/mol. The quantitative estimate of drug-likeness (QED) is 0.926. The molecule has 0 aromatic carbocycles. The SMILES string of the molecule is Cc1ccnc(N2CCC(CC(=O)NC3CCOCC3)CC2)c1. The Labute approximate surface area is 138 Å². The maximum Gasteiger partial charge on any atom is 0.220 e. The van der Waals surface area contributed by atoms with Gasteiger partial charge < -0.3 is 15.0 Å². The molecule has 2 aliphatic heterocycles. The molecule has 3 heterocycles. The minimum atomic E-state index is 0.212. The highest BCUT2D eigenvalue weighted by molar-refractivity contribution is 5.76. The van der Waals surface area contributed by atoms with Crippen molar-refractivity contribution >= 4 is 11.7 Å². The Morgan fingerprint density at radius 2 is 2.04 bits per heavy atom. The molecule has 5 heteroatoms. The van der Waals surface area contributed by atoms with Gasteiger partial charge in [-0.1, -0.05) is 0 Å². The number of piperidine rings is 1. The van der Waals surface area contributed by atoms with Gasteiger partial charge in [0.05, 0.1) is 0 Å². The van der Waals surface area contributed by atoms with E-state index < -0.39 is 0 Å². The van der Waals surface area contributed by atoms with Crippen LogP contribution in [0.15, 0.2) is 18.3 Å². The molecular weight excluding hydrogens is 290 g/mol. The lowest BCUT2D eigenvalue weighted by atomic mass is 9.93. The van der Waals surface area contributed by atoms with Gasteiger partial charge in [-0.05, 0) is 56.2 Å². The van der Waals surface area contributed by atoms with Crippen LogP contribution in [0, 0.1) is 12.8 Å². The first-order chi connectivity index (χ1) is 11.2. The molecule has 0 atom stereocenters. The summed E-state index contributed by atoms with van der Waals surface area (Å²) in [6.07, 6.45) is 6.56. The Morgan fingerprint density at radius 1 is 1.30 bits per heavy atom. The summed E-state index contributed by atoms with van der Waals surface area (Å²) in [5.41, 5.74) is 1.24. The highest BCUT2D eigenvalue weighted by atomic mass is 16.5.